The number of carbonyl (C=O) groups excluding carboxylic acids is 1. The molecule has 0 aliphatic carbocycles. The molecular formula is C14H20N2O. The van der Waals surface area contributed by atoms with Crippen LogP contribution in [0, 0.1) is 0 Å². The first-order valence-corrected chi connectivity index (χ1v) is 6.32. The molecule has 2 rings (SSSR count). The van der Waals surface area contributed by atoms with Crippen molar-refractivity contribution in [3.05, 3.63) is 35.4 Å². The molecular weight excluding hydrogens is 212 g/mol. The Bertz CT molecular complexity index is 386. The van der Waals surface area contributed by atoms with Gasteiger partial charge in [-0.1, -0.05) is 12.1 Å². The maximum atomic E-state index is 12.3. The van der Waals surface area contributed by atoms with E-state index >= 15 is 0 Å². The van der Waals surface area contributed by atoms with Gasteiger partial charge in [0.2, 0.25) is 0 Å². The van der Waals surface area contributed by atoms with Crippen molar-refractivity contribution in [2.24, 2.45) is 5.73 Å². The zero-order valence-electron chi connectivity index (χ0n) is 10.4. The van der Waals surface area contributed by atoms with Crippen molar-refractivity contribution in [3.8, 4) is 0 Å². The number of benzene rings is 1. The van der Waals surface area contributed by atoms with Gasteiger partial charge >= 0.3 is 0 Å². The van der Waals surface area contributed by atoms with Crippen molar-refractivity contribution in [1.29, 1.82) is 0 Å². The topological polar surface area (TPSA) is 46.3 Å². The summed E-state index contributed by atoms with van der Waals surface area (Å²) in [5.41, 5.74) is 7.38. The van der Waals surface area contributed by atoms with Gasteiger partial charge in [-0.3, -0.25) is 4.79 Å². The van der Waals surface area contributed by atoms with E-state index in [1.54, 1.807) is 0 Å². The number of nitrogens with two attached hydrogens (primary N) is 1. The van der Waals surface area contributed by atoms with Gasteiger partial charge in [0.05, 0.1) is 0 Å². The maximum absolute atomic E-state index is 12.3. The van der Waals surface area contributed by atoms with Crippen LogP contribution in [0.3, 0.4) is 0 Å². The number of amides is 1. The lowest BCUT2D eigenvalue weighted by atomic mass is 10.0. The second-order valence-electron chi connectivity index (χ2n) is 4.74. The van der Waals surface area contributed by atoms with Crippen LogP contribution in [0.5, 0.6) is 0 Å². The van der Waals surface area contributed by atoms with Gasteiger partial charge in [0.25, 0.3) is 5.91 Å². The van der Waals surface area contributed by atoms with Crippen LogP contribution in [0.4, 0.5) is 0 Å². The third kappa shape index (κ3) is 2.67. The molecule has 3 heteroatoms. The summed E-state index contributed by atoms with van der Waals surface area (Å²) < 4.78 is 0. The van der Waals surface area contributed by atoms with Gasteiger partial charge in [0.1, 0.15) is 0 Å². The SMILES string of the molecule is C[C@H]1CCCCN1C(=O)c1ccc(CN)cc1. The predicted octanol–water partition coefficient (Wildman–Crippen LogP) is 2.16. The molecule has 3 nitrogen and oxygen atoms in total. The summed E-state index contributed by atoms with van der Waals surface area (Å²) in [5, 5.41) is 0. The van der Waals surface area contributed by atoms with Gasteiger partial charge < -0.3 is 10.6 Å². The minimum atomic E-state index is 0.153. The van der Waals surface area contributed by atoms with Crippen molar-refractivity contribution in [2.75, 3.05) is 6.54 Å². The molecule has 1 fully saturated rings. The molecule has 0 bridgehead atoms. The Balaban J connectivity index is 2.12. The molecule has 0 radical (unpaired) electrons. The summed E-state index contributed by atoms with van der Waals surface area (Å²) in [6, 6.07) is 7.99. The summed E-state index contributed by atoms with van der Waals surface area (Å²) >= 11 is 0. The van der Waals surface area contributed by atoms with Crippen molar-refractivity contribution in [2.45, 2.75) is 38.8 Å². The zero-order valence-corrected chi connectivity index (χ0v) is 10.4. The molecule has 0 spiro atoms. The Morgan fingerprint density at radius 1 is 1.35 bits per heavy atom. The van der Waals surface area contributed by atoms with Crippen LogP contribution >= 0.6 is 0 Å². The molecule has 1 aromatic rings. The van der Waals surface area contributed by atoms with Crippen molar-refractivity contribution < 1.29 is 4.79 Å². The second kappa shape index (κ2) is 5.32. The number of carbonyl (C=O) groups is 1. The summed E-state index contributed by atoms with van der Waals surface area (Å²) in [7, 11) is 0. The summed E-state index contributed by atoms with van der Waals surface area (Å²) in [6.45, 7) is 3.54. The van der Waals surface area contributed by atoms with Crippen molar-refractivity contribution in [3.63, 3.8) is 0 Å². The lowest BCUT2D eigenvalue weighted by Gasteiger charge is -2.33. The smallest absolute Gasteiger partial charge is 0.254 e. The van der Waals surface area contributed by atoms with Crippen LogP contribution in [0.2, 0.25) is 0 Å². The molecule has 17 heavy (non-hydrogen) atoms. The van der Waals surface area contributed by atoms with Crippen LogP contribution in [0.1, 0.15) is 42.1 Å². The molecule has 0 aromatic heterocycles. The fourth-order valence-corrected chi connectivity index (χ4v) is 2.35. The third-order valence-electron chi connectivity index (χ3n) is 3.50. The van der Waals surface area contributed by atoms with Crippen LogP contribution in [0.25, 0.3) is 0 Å². The van der Waals surface area contributed by atoms with Gasteiger partial charge in [0.15, 0.2) is 0 Å². The highest BCUT2D eigenvalue weighted by molar-refractivity contribution is 5.94. The van der Waals surface area contributed by atoms with E-state index in [9.17, 15) is 4.79 Å². The Labute approximate surface area is 103 Å². The Kier molecular flexibility index (Phi) is 3.79. The zero-order chi connectivity index (χ0) is 12.3. The molecule has 92 valence electrons. The fourth-order valence-electron chi connectivity index (χ4n) is 2.35. The van der Waals surface area contributed by atoms with Gasteiger partial charge in [-0.05, 0) is 43.9 Å². The maximum Gasteiger partial charge on any atom is 0.254 e. The first-order valence-electron chi connectivity index (χ1n) is 6.32. The monoisotopic (exact) mass is 232 g/mol. The molecule has 0 unspecified atom stereocenters. The van der Waals surface area contributed by atoms with Crippen LogP contribution in [-0.2, 0) is 6.54 Å². The van der Waals surface area contributed by atoms with Gasteiger partial charge in [-0.2, -0.15) is 0 Å². The van der Waals surface area contributed by atoms with Crippen molar-refractivity contribution >= 4 is 5.91 Å². The van der Waals surface area contributed by atoms with Crippen molar-refractivity contribution in [1.82, 2.24) is 4.90 Å². The average Bonchev–Trinajstić information content (AvgIpc) is 2.39. The van der Waals surface area contributed by atoms with E-state index in [-0.39, 0.29) is 5.91 Å². The minimum Gasteiger partial charge on any atom is -0.336 e. The van der Waals surface area contributed by atoms with Gasteiger partial charge in [0, 0.05) is 24.7 Å². The Morgan fingerprint density at radius 3 is 2.65 bits per heavy atom. The van der Waals surface area contributed by atoms with E-state index in [1.165, 1.54) is 6.42 Å². The molecule has 2 N–H and O–H groups in total. The lowest BCUT2D eigenvalue weighted by Crippen LogP contribution is -2.42. The van der Waals surface area contributed by atoms with E-state index in [2.05, 4.69) is 6.92 Å². The number of likely N-dealkylation sites (tertiary alicyclic amines) is 1. The molecule has 1 amide bonds. The lowest BCUT2D eigenvalue weighted by molar-refractivity contribution is 0.0635. The van der Waals surface area contributed by atoms with E-state index in [0.717, 1.165) is 30.5 Å². The highest BCUT2D eigenvalue weighted by Gasteiger charge is 2.23. The third-order valence-corrected chi connectivity index (χ3v) is 3.50. The Morgan fingerprint density at radius 2 is 2.06 bits per heavy atom. The van der Waals surface area contributed by atoms with Gasteiger partial charge in [-0.25, -0.2) is 0 Å². The molecule has 1 aliphatic rings. The second-order valence-corrected chi connectivity index (χ2v) is 4.74. The molecule has 0 saturated carbocycles. The average molecular weight is 232 g/mol. The highest BCUT2D eigenvalue weighted by atomic mass is 16.2. The van der Waals surface area contributed by atoms with E-state index in [1.807, 2.05) is 29.2 Å². The molecule has 1 saturated heterocycles. The normalized spacial score (nSPS) is 20.4. The Hall–Kier alpha value is -1.35. The number of piperidine rings is 1. The summed E-state index contributed by atoms with van der Waals surface area (Å²) in [4.78, 5) is 14.3. The standard InChI is InChI=1S/C14H20N2O/c1-11-4-2-3-9-16(11)14(17)13-7-5-12(10-15)6-8-13/h5-8,11H,2-4,9-10,15H2,1H3/t11-/m0/s1. The molecule has 1 aliphatic heterocycles. The molecule has 1 aromatic carbocycles. The van der Waals surface area contributed by atoms with Crippen LogP contribution in [0.15, 0.2) is 24.3 Å². The summed E-state index contributed by atoms with van der Waals surface area (Å²) in [5.74, 6) is 0.153. The number of nitrogens with zero attached hydrogens (tertiary/aromatic N) is 1. The number of rotatable bonds is 2. The quantitative estimate of drug-likeness (QED) is 0.849. The van der Waals surface area contributed by atoms with Crippen LogP contribution < -0.4 is 5.73 Å². The molecule has 1 atom stereocenters. The van der Waals surface area contributed by atoms with Crippen LogP contribution in [-0.4, -0.2) is 23.4 Å². The highest BCUT2D eigenvalue weighted by Crippen LogP contribution is 2.19. The molecule has 1 heterocycles. The van der Waals surface area contributed by atoms with Gasteiger partial charge in [-0.15, -0.1) is 0 Å². The fraction of sp³-hybridized carbons (Fsp3) is 0.500. The summed E-state index contributed by atoms with van der Waals surface area (Å²) in [6.07, 6.45) is 3.47. The first kappa shape index (κ1) is 12.1. The van der Waals surface area contributed by atoms with E-state index in [4.69, 9.17) is 5.73 Å². The first-order chi connectivity index (χ1) is 8.22. The predicted molar refractivity (Wildman–Crippen MR) is 68.7 cm³/mol. The van der Waals surface area contributed by atoms with E-state index in [0.29, 0.717) is 12.6 Å². The number of hydrogen-bond acceptors (Lipinski definition) is 2. The van der Waals surface area contributed by atoms with E-state index < -0.39 is 0 Å². The minimum absolute atomic E-state index is 0.153. The number of hydrogen-bond donors (Lipinski definition) is 1. The largest absolute Gasteiger partial charge is 0.336 e.